The second-order valence-corrected chi connectivity index (χ2v) is 9.06. The van der Waals surface area contributed by atoms with Crippen molar-refractivity contribution in [2.45, 2.75) is 38.6 Å². The number of aromatic amines is 1. The molecule has 0 spiro atoms. The molecule has 1 aromatic heterocycles. The molecule has 2 atom stereocenters. The molecule has 9 heteroatoms. The van der Waals surface area contributed by atoms with Crippen molar-refractivity contribution in [2.75, 3.05) is 6.54 Å². The SMILES string of the molecule is C[C@H](Cc1ccc2[nH]c(C(=O)NCc3c(F)cccc3F)cc2c1)NC[C@H](O)c1ccc(O)c(CO)c1. The van der Waals surface area contributed by atoms with E-state index in [2.05, 4.69) is 15.6 Å². The molecular weight excluding hydrogens is 480 g/mol. The van der Waals surface area contributed by atoms with Crippen LogP contribution in [0.3, 0.4) is 0 Å². The van der Waals surface area contributed by atoms with Crippen molar-refractivity contribution in [3.8, 4) is 5.75 Å². The number of amides is 1. The number of halogens is 2. The van der Waals surface area contributed by atoms with Gasteiger partial charge in [0.2, 0.25) is 0 Å². The summed E-state index contributed by atoms with van der Waals surface area (Å²) in [6.07, 6.45) is -0.140. The van der Waals surface area contributed by atoms with Gasteiger partial charge in [-0.05, 0) is 66.9 Å². The Kier molecular flexibility index (Phi) is 8.17. The van der Waals surface area contributed by atoms with Crippen LogP contribution in [0.15, 0.2) is 60.7 Å². The van der Waals surface area contributed by atoms with Gasteiger partial charge in [-0.25, -0.2) is 8.78 Å². The zero-order chi connectivity index (χ0) is 26.5. The number of rotatable bonds is 10. The lowest BCUT2D eigenvalue weighted by atomic mass is 10.0. The number of carbonyl (C=O) groups is 1. The van der Waals surface area contributed by atoms with Crippen molar-refractivity contribution in [3.63, 3.8) is 0 Å². The molecule has 0 saturated heterocycles. The second-order valence-electron chi connectivity index (χ2n) is 9.06. The first-order valence-electron chi connectivity index (χ1n) is 11.9. The predicted octanol–water partition coefficient (Wildman–Crippen LogP) is 3.83. The van der Waals surface area contributed by atoms with Gasteiger partial charge in [-0.1, -0.05) is 18.2 Å². The van der Waals surface area contributed by atoms with Gasteiger partial charge in [0.05, 0.1) is 12.7 Å². The maximum Gasteiger partial charge on any atom is 0.268 e. The Morgan fingerprint density at radius 3 is 2.54 bits per heavy atom. The molecule has 37 heavy (non-hydrogen) atoms. The normalized spacial score (nSPS) is 13.0. The smallest absolute Gasteiger partial charge is 0.268 e. The Balaban J connectivity index is 1.34. The number of phenols is 1. The summed E-state index contributed by atoms with van der Waals surface area (Å²) in [5.41, 5.74) is 2.83. The van der Waals surface area contributed by atoms with Gasteiger partial charge < -0.3 is 30.9 Å². The van der Waals surface area contributed by atoms with Crippen LogP contribution >= 0.6 is 0 Å². The fourth-order valence-electron chi connectivity index (χ4n) is 4.19. The van der Waals surface area contributed by atoms with Crippen LogP contribution in [-0.4, -0.2) is 38.8 Å². The molecular formula is C28H29F2N3O4. The largest absolute Gasteiger partial charge is 0.508 e. The van der Waals surface area contributed by atoms with Crippen molar-refractivity contribution >= 4 is 16.8 Å². The summed E-state index contributed by atoms with van der Waals surface area (Å²) < 4.78 is 27.6. The van der Waals surface area contributed by atoms with Gasteiger partial charge in [0.15, 0.2) is 0 Å². The van der Waals surface area contributed by atoms with Gasteiger partial charge in [-0.3, -0.25) is 4.79 Å². The number of nitrogens with one attached hydrogen (secondary N) is 3. The highest BCUT2D eigenvalue weighted by Gasteiger charge is 2.15. The molecule has 0 aliphatic heterocycles. The van der Waals surface area contributed by atoms with Crippen molar-refractivity contribution in [2.24, 2.45) is 0 Å². The quantitative estimate of drug-likeness (QED) is 0.194. The van der Waals surface area contributed by atoms with Crippen LogP contribution in [0, 0.1) is 11.6 Å². The highest BCUT2D eigenvalue weighted by atomic mass is 19.1. The fourth-order valence-corrected chi connectivity index (χ4v) is 4.19. The molecule has 0 aliphatic carbocycles. The first kappa shape index (κ1) is 26.3. The third-order valence-electron chi connectivity index (χ3n) is 6.28. The molecule has 4 aromatic rings. The van der Waals surface area contributed by atoms with E-state index < -0.39 is 23.6 Å². The van der Waals surface area contributed by atoms with E-state index in [0.29, 0.717) is 17.5 Å². The van der Waals surface area contributed by atoms with Gasteiger partial charge >= 0.3 is 0 Å². The molecule has 0 aliphatic rings. The summed E-state index contributed by atoms with van der Waals surface area (Å²) in [5, 5.41) is 36.1. The lowest BCUT2D eigenvalue weighted by Crippen LogP contribution is -2.32. The highest BCUT2D eigenvalue weighted by Crippen LogP contribution is 2.23. The van der Waals surface area contributed by atoms with Gasteiger partial charge in [0.25, 0.3) is 5.91 Å². The zero-order valence-electron chi connectivity index (χ0n) is 20.3. The molecule has 7 nitrogen and oxygen atoms in total. The monoisotopic (exact) mass is 509 g/mol. The number of carbonyl (C=O) groups excluding carboxylic acids is 1. The summed E-state index contributed by atoms with van der Waals surface area (Å²) in [5.74, 6) is -1.91. The van der Waals surface area contributed by atoms with Crippen LogP contribution in [0.25, 0.3) is 10.9 Å². The molecule has 0 radical (unpaired) electrons. The topological polar surface area (TPSA) is 118 Å². The summed E-state index contributed by atoms with van der Waals surface area (Å²) in [7, 11) is 0. The van der Waals surface area contributed by atoms with Gasteiger partial charge in [0.1, 0.15) is 23.1 Å². The van der Waals surface area contributed by atoms with Crippen LogP contribution < -0.4 is 10.6 Å². The van der Waals surface area contributed by atoms with Crippen LogP contribution in [0.2, 0.25) is 0 Å². The van der Waals surface area contributed by atoms with Crippen LogP contribution in [0.1, 0.15) is 45.8 Å². The van der Waals surface area contributed by atoms with Crippen LogP contribution in [0.4, 0.5) is 8.78 Å². The van der Waals surface area contributed by atoms with E-state index in [-0.39, 0.29) is 42.7 Å². The highest BCUT2D eigenvalue weighted by molar-refractivity contribution is 5.98. The minimum Gasteiger partial charge on any atom is -0.508 e. The molecule has 4 rings (SSSR count). The number of H-pyrrole nitrogens is 1. The molecule has 0 saturated carbocycles. The molecule has 1 heterocycles. The Morgan fingerprint density at radius 1 is 1.05 bits per heavy atom. The van der Waals surface area contributed by atoms with Crippen molar-refractivity contribution in [1.82, 2.24) is 15.6 Å². The van der Waals surface area contributed by atoms with E-state index in [1.807, 2.05) is 25.1 Å². The van der Waals surface area contributed by atoms with Crippen LogP contribution in [-0.2, 0) is 19.6 Å². The summed E-state index contributed by atoms with van der Waals surface area (Å²) >= 11 is 0. The Hall–Kier alpha value is -3.79. The number of hydrogen-bond acceptors (Lipinski definition) is 5. The van der Waals surface area contributed by atoms with Gasteiger partial charge in [-0.2, -0.15) is 0 Å². The number of hydrogen-bond donors (Lipinski definition) is 6. The standard InChI is InChI=1S/C28H29F2N3O4/c1-16(31-14-27(36)18-6-8-26(35)20(11-18)15-34)9-17-5-7-24-19(10-17)12-25(33-24)28(37)32-13-21-22(29)3-2-4-23(21)30/h2-8,10-12,16,27,31,33-36H,9,13-15H2,1H3,(H,32,37)/t16-,27+/m1/s1. The number of benzene rings is 3. The molecule has 0 fully saturated rings. The molecule has 6 N–H and O–H groups in total. The summed E-state index contributed by atoms with van der Waals surface area (Å²) in [6, 6.07) is 15.7. The summed E-state index contributed by atoms with van der Waals surface area (Å²) in [4.78, 5) is 15.6. The zero-order valence-corrected chi connectivity index (χ0v) is 20.3. The van der Waals surface area contributed by atoms with E-state index in [1.54, 1.807) is 18.2 Å². The van der Waals surface area contributed by atoms with Gasteiger partial charge in [-0.15, -0.1) is 0 Å². The lowest BCUT2D eigenvalue weighted by Gasteiger charge is -2.18. The molecule has 194 valence electrons. The predicted molar refractivity (Wildman–Crippen MR) is 136 cm³/mol. The van der Waals surface area contributed by atoms with Crippen molar-refractivity contribution in [3.05, 3.63) is 100 Å². The van der Waals surface area contributed by atoms with E-state index in [9.17, 15) is 28.9 Å². The fraction of sp³-hybridized carbons (Fsp3) is 0.250. The van der Waals surface area contributed by atoms with Crippen molar-refractivity contribution in [1.29, 1.82) is 0 Å². The first-order valence-corrected chi connectivity index (χ1v) is 11.9. The average Bonchev–Trinajstić information content (AvgIpc) is 3.31. The number of fused-ring (bicyclic) bond motifs is 1. The maximum atomic E-state index is 13.8. The Labute approximate surface area is 212 Å². The molecule has 3 aromatic carbocycles. The van der Waals surface area contributed by atoms with Crippen LogP contribution in [0.5, 0.6) is 5.75 Å². The average molecular weight is 510 g/mol. The van der Waals surface area contributed by atoms with E-state index >= 15 is 0 Å². The molecule has 1 amide bonds. The summed E-state index contributed by atoms with van der Waals surface area (Å²) in [6.45, 7) is 1.70. The number of aliphatic hydroxyl groups excluding tert-OH is 2. The Bertz CT molecular complexity index is 1390. The van der Waals surface area contributed by atoms with E-state index in [0.717, 1.165) is 28.6 Å². The molecule has 0 bridgehead atoms. The number of aromatic nitrogens is 1. The van der Waals surface area contributed by atoms with Crippen molar-refractivity contribution < 1.29 is 28.9 Å². The van der Waals surface area contributed by atoms with E-state index in [1.165, 1.54) is 12.1 Å². The van der Waals surface area contributed by atoms with E-state index in [4.69, 9.17) is 0 Å². The first-order chi connectivity index (χ1) is 17.7. The van der Waals surface area contributed by atoms with Gasteiger partial charge in [0, 0.05) is 41.2 Å². The third kappa shape index (κ3) is 6.32. The minimum absolute atomic E-state index is 0.0143. The minimum atomic E-state index is -0.806. The number of aromatic hydroxyl groups is 1. The second kappa shape index (κ2) is 11.5. The third-order valence-corrected chi connectivity index (χ3v) is 6.28. The lowest BCUT2D eigenvalue weighted by molar-refractivity contribution is 0.0946. The number of aliphatic hydroxyl groups is 2. The maximum absolute atomic E-state index is 13.8. The Morgan fingerprint density at radius 2 is 1.81 bits per heavy atom. The molecule has 0 unspecified atom stereocenters.